The lowest BCUT2D eigenvalue weighted by molar-refractivity contribution is 0.0786. The minimum atomic E-state index is -0.894. The summed E-state index contributed by atoms with van der Waals surface area (Å²) in [5.41, 5.74) is 0.679. The van der Waals surface area contributed by atoms with E-state index in [0.717, 1.165) is 11.3 Å². The van der Waals surface area contributed by atoms with Gasteiger partial charge in [0.25, 0.3) is 0 Å². The minimum absolute atomic E-state index is 0.131. The summed E-state index contributed by atoms with van der Waals surface area (Å²) in [6, 6.07) is 7.38. The van der Waals surface area contributed by atoms with Gasteiger partial charge >= 0.3 is 0 Å². The van der Waals surface area contributed by atoms with Crippen molar-refractivity contribution in [3.05, 3.63) is 41.4 Å². The molecule has 1 heterocycles. The molecule has 0 radical (unpaired) electrons. The van der Waals surface area contributed by atoms with E-state index in [0.29, 0.717) is 5.95 Å². The third kappa shape index (κ3) is 3.15. The Hall–Kier alpha value is -1.72. The van der Waals surface area contributed by atoms with E-state index in [2.05, 4.69) is 20.3 Å². The maximum atomic E-state index is 9.93. The quantitative estimate of drug-likeness (QED) is 0.891. The summed E-state index contributed by atoms with van der Waals surface area (Å²) in [5, 5.41) is 13.1. The molecule has 0 bridgehead atoms. The van der Waals surface area contributed by atoms with Crippen LogP contribution in [0.15, 0.2) is 30.6 Å². The molecule has 18 heavy (non-hydrogen) atoms. The van der Waals surface area contributed by atoms with Gasteiger partial charge in [-0.05, 0) is 43.1 Å². The third-order valence-electron chi connectivity index (χ3n) is 2.37. The van der Waals surface area contributed by atoms with E-state index >= 15 is 0 Å². The van der Waals surface area contributed by atoms with Crippen molar-refractivity contribution in [3.8, 4) is 0 Å². The molecule has 1 aromatic carbocycles. The normalized spacial score (nSPS) is 11.3. The first-order chi connectivity index (χ1) is 8.45. The summed E-state index contributed by atoms with van der Waals surface area (Å²) < 4.78 is 0. The molecule has 94 valence electrons. The molecule has 0 amide bonds. The van der Waals surface area contributed by atoms with Gasteiger partial charge in [-0.15, -0.1) is 0 Å². The fourth-order valence-corrected chi connectivity index (χ4v) is 1.57. The number of nitrogens with zero attached hydrogens (tertiary/aromatic N) is 3. The largest absolute Gasteiger partial charge is 0.386 e. The highest BCUT2D eigenvalue weighted by molar-refractivity contribution is 6.28. The Morgan fingerprint density at radius 2 is 2.06 bits per heavy atom. The molecule has 0 aliphatic rings. The molecule has 5 nitrogen and oxygen atoms in total. The average Bonchev–Trinajstić information content (AvgIpc) is 2.28. The van der Waals surface area contributed by atoms with Crippen LogP contribution in [-0.4, -0.2) is 20.1 Å². The van der Waals surface area contributed by atoms with Crippen LogP contribution < -0.4 is 5.32 Å². The fraction of sp³-hybridized carbons (Fsp3) is 0.250. The molecule has 0 spiro atoms. The number of aromatic nitrogens is 3. The summed E-state index contributed by atoms with van der Waals surface area (Å²) in [7, 11) is 0. The van der Waals surface area contributed by atoms with Gasteiger partial charge in [-0.3, -0.25) is 0 Å². The Morgan fingerprint density at radius 1 is 1.28 bits per heavy atom. The Balaban J connectivity index is 2.25. The molecule has 0 aliphatic heterocycles. The Bertz CT molecular complexity index is 554. The molecule has 0 unspecified atom stereocenters. The zero-order valence-corrected chi connectivity index (χ0v) is 10.8. The molecule has 2 rings (SSSR count). The molecular formula is C12H13ClN4O. The van der Waals surface area contributed by atoms with Crippen LogP contribution in [0.1, 0.15) is 19.4 Å². The lowest BCUT2D eigenvalue weighted by atomic mass is 9.98. The van der Waals surface area contributed by atoms with Gasteiger partial charge in [0.05, 0.1) is 5.60 Å². The van der Waals surface area contributed by atoms with Crippen LogP contribution in [0.5, 0.6) is 0 Å². The number of rotatable bonds is 3. The van der Waals surface area contributed by atoms with Crippen LogP contribution >= 0.6 is 11.6 Å². The van der Waals surface area contributed by atoms with Gasteiger partial charge in [0, 0.05) is 5.69 Å². The van der Waals surface area contributed by atoms with Crippen LogP contribution in [-0.2, 0) is 5.60 Å². The van der Waals surface area contributed by atoms with Crippen LogP contribution in [0.25, 0.3) is 0 Å². The topological polar surface area (TPSA) is 70.9 Å². The number of nitrogens with one attached hydrogen (secondary N) is 1. The van der Waals surface area contributed by atoms with E-state index in [1.807, 2.05) is 24.3 Å². The van der Waals surface area contributed by atoms with E-state index < -0.39 is 5.60 Å². The second kappa shape index (κ2) is 4.88. The lowest BCUT2D eigenvalue weighted by Gasteiger charge is -2.18. The zero-order chi connectivity index (χ0) is 13.2. The fourth-order valence-electron chi connectivity index (χ4n) is 1.44. The molecule has 0 fully saturated rings. The van der Waals surface area contributed by atoms with E-state index in [9.17, 15) is 5.11 Å². The predicted octanol–water partition coefficient (Wildman–Crippen LogP) is 2.50. The Kier molecular flexibility index (Phi) is 3.45. The predicted molar refractivity (Wildman–Crippen MR) is 69.8 cm³/mol. The van der Waals surface area contributed by atoms with E-state index in [1.165, 1.54) is 6.33 Å². The number of hydrogen-bond acceptors (Lipinski definition) is 5. The maximum absolute atomic E-state index is 9.93. The molecule has 6 heteroatoms. The molecule has 0 atom stereocenters. The van der Waals surface area contributed by atoms with Crippen molar-refractivity contribution in [1.82, 2.24) is 15.0 Å². The van der Waals surface area contributed by atoms with Crippen molar-refractivity contribution >= 4 is 23.2 Å². The number of aliphatic hydroxyl groups is 1. The van der Waals surface area contributed by atoms with Crippen molar-refractivity contribution in [2.75, 3.05) is 5.32 Å². The highest BCUT2D eigenvalue weighted by Crippen LogP contribution is 2.23. The summed E-state index contributed by atoms with van der Waals surface area (Å²) in [5.74, 6) is 0.364. The van der Waals surface area contributed by atoms with Crippen molar-refractivity contribution in [2.24, 2.45) is 0 Å². The van der Waals surface area contributed by atoms with Crippen LogP contribution in [0.3, 0.4) is 0 Å². The minimum Gasteiger partial charge on any atom is -0.386 e. The number of hydrogen-bond donors (Lipinski definition) is 2. The Morgan fingerprint density at radius 3 is 2.72 bits per heavy atom. The van der Waals surface area contributed by atoms with E-state index in [4.69, 9.17) is 11.6 Å². The van der Waals surface area contributed by atoms with Crippen LogP contribution in [0, 0.1) is 0 Å². The van der Waals surface area contributed by atoms with Gasteiger partial charge in [0.2, 0.25) is 11.2 Å². The zero-order valence-electron chi connectivity index (χ0n) is 10.1. The van der Waals surface area contributed by atoms with Crippen molar-refractivity contribution in [1.29, 1.82) is 0 Å². The summed E-state index contributed by atoms with van der Waals surface area (Å²) in [6.45, 7) is 3.46. The van der Waals surface area contributed by atoms with Crippen molar-refractivity contribution in [2.45, 2.75) is 19.4 Å². The average molecular weight is 265 g/mol. The standard InChI is InChI=1S/C12H13ClN4O/c1-12(2,18)8-4-3-5-9(6-8)16-11-15-7-14-10(13)17-11/h3-7,18H,1-2H3,(H,14,15,16,17). The Labute approximate surface area is 110 Å². The summed E-state index contributed by atoms with van der Waals surface area (Å²) >= 11 is 5.67. The van der Waals surface area contributed by atoms with Gasteiger partial charge in [-0.25, -0.2) is 9.97 Å². The first kappa shape index (κ1) is 12.7. The molecule has 2 aromatic rings. The molecule has 0 saturated heterocycles. The number of anilines is 2. The molecule has 0 saturated carbocycles. The van der Waals surface area contributed by atoms with Crippen molar-refractivity contribution in [3.63, 3.8) is 0 Å². The first-order valence-corrected chi connectivity index (χ1v) is 5.77. The summed E-state index contributed by atoms with van der Waals surface area (Å²) in [4.78, 5) is 11.6. The van der Waals surface area contributed by atoms with Gasteiger partial charge < -0.3 is 10.4 Å². The van der Waals surface area contributed by atoms with Crippen molar-refractivity contribution < 1.29 is 5.11 Å². The monoisotopic (exact) mass is 264 g/mol. The second-order valence-corrected chi connectivity index (χ2v) is 4.68. The van der Waals surface area contributed by atoms with E-state index in [1.54, 1.807) is 13.8 Å². The van der Waals surface area contributed by atoms with Gasteiger partial charge in [0.15, 0.2) is 0 Å². The second-order valence-electron chi connectivity index (χ2n) is 4.34. The van der Waals surface area contributed by atoms with Crippen LogP contribution in [0.2, 0.25) is 5.28 Å². The smallest absolute Gasteiger partial charge is 0.231 e. The highest BCUT2D eigenvalue weighted by Gasteiger charge is 2.15. The third-order valence-corrected chi connectivity index (χ3v) is 2.55. The van der Waals surface area contributed by atoms with Gasteiger partial charge in [-0.2, -0.15) is 4.98 Å². The summed E-state index contributed by atoms with van der Waals surface area (Å²) in [6.07, 6.45) is 1.33. The number of halogens is 1. The van der Waals surface area contributed by atoms with Gasteiger partial charge in [-0.1, -0.05) is 12.1 Å². The first-order valence-electron chi connectivity index (χ1n) is 5.39. The van der Waals surface area contributed by atoms with Gasteiger partial charge in [0.1, 0.15) is 6.33 Å². The van der Waals surface area contributed by atoms with Crippen LogP contribution in [0.4, 0.5) is 11.6 Å². The molecule has 0 aliphatic carbocycles. The SMILES string of the molecule is CC(C)(O)c1cccc(Nc2ncnc(Cl)n2)c1. The number of benzene rings is 1. The molecular weight excluding hydrogens is 252 g/mol. The molecule has 2 N–H and O–H groups in total. The molecule has 1 aromatic heterocycles. The lowest BCUT2D eigenvalue weighted by Crippen LogP contribution is -2.15. The maximum Gasteiger partial charge on any atom is 0.231 e. The highest BCUT2D eigenvalue weighted by atomic mass is 35.5. The van der Waals surface area contributed by atoms with E-state index in [-0.39, 0.29) is 5.28 Å².